The van der Waals surface area contributed by atoms with Gasteiger partial charge in [0.05, 0.1) is 25.5 Å². The summed E-state index contributed by atoms with van der Waals surface area (Å²) >= 11 is 0. The van der Waals surface area contributed by atoms with E-state index in [0.717, 1.165) is 6.26 Å². The van der Waals surface area contributed by atoms with Crippen molar-refractivity contribution in [2.75, 3.05) is 20.0 Å². The number of esters is 1. The van der Waals surface area contributed by atoms with Gasteiger partial charge in [0.1, 0.15) is 11.4 Å². The topological polar surface area (TPSA) is 94.7 Å². The Labute approximate surface area is 121 Å². The van der Waals surface area contributed by atoms with Crippen LogP contribution in [0.3, 0.4) is 0 Å². The average molecular weight is 313 g/mol. The Balaban J connectivity index is 2.58. The first kappa shape index (κ1) is 15.2. The Morgan fingerprint density at radius 1 is 1.29 bits per heavy atom. The molecular formula is C13H15NO6S. The summed E-state index contributed by atoms with van der Waals surface area (Å²) < 4.78 is 37.5. The minimum absolute atomic E-state index is 0.0578. The van der Waals surface area contributed by atoms with Crippen molar-refractivity contribution in [1.29, 1.82) is 0 Å². The zero-order valence-electron chi connectivity index (χ0n) is 11.8. The van der Waals surface area contributed by atoms with E-state index in [0.29, 0.717) is 16.7 Å². The number of aromatic nitrogens is 1. The standard InChI is InChI=1S/C13H15NO6S/c1-4-19-13(15)10-6-8-5-9(18-2)7-11(12(8)14-10)20-21(3,16)17/h5-7,14H,4H2,1-3H3. The van der Waals surface area contributed by atoms with Crippen molar-refractivity contribution in [2.45, 2.75) is 6.92 Å². The van der Waals surface area contributed by atoms with Crippen LogP contribution in [-0.2, 0) is 14.9 Å². The fourth-order valence-electron chi connectivity index (χ4n) is 1.85. The lowest BCUT2D eigenvalue weighted by Gasteiger charge is -2.07. The first-order valence-electron chi connectivity index (χ1n) is 6.11. The van der Waals surface area contributed by atoms with Crippen LogP contribution in [0.2, 0.25) is 0 Å². The van der Waals surface area contributed by atoms with E-state index >= 15 is 0 Å². The highest BCUT2D eigenvalue weighted by atomic mass is 32.2. The van der Waals surface area contributed by atoms with Gasteiger partial charge in [0.2, 0.25) is 0 Å². The molecule has 0 fully saturated rings. The molecule has 114 valence electrons. The number of nitrogens with one attached hydrogen (secondary N) is 1. The van der Waals surface area contributed by atoms with Crippen LogP contribution in [0.15, 0.2) is 18.2 Å². The van der Waals surface area contributed by atoms with Crippen molar-refractivity contribution < 1.29 is 26.9 Å². The predicted octanol–water partition coefficient (Wildman–Crippen LogP) is 1.69. The highest BCUT2D eigenvalue weighted by Crippen LogP contribution is 2.32. The Morgan fingerprint density at radius 2 is 2.00 bits per heavy atom. The van der Waals surface area contributed by atoms with Crippen LogP contribution < -0.4 is 8.92 Å². The molecule has 0 saturated heterocycles. The molecule has 0 bridgehead atoms. The fraction of sp³-hybridized carbons (Fsp3) is 0.308. The number of rotatable bonds is 5. The number of aromatic amines is 1. The Morgan fingerprint density at radius 3 is 2.57 bits per heavy atom. The lowest BCUT2D eigenvalue weighted by Crippen LogP contribution is -2.07. The Bertz CT molecular complexity index is 777. The molecular weight excluding hydrogens is 298 g/mol. The van der Waals surface area contributed by atoms with E-state index in [2.05, 4.69) is 4.98 Å². The summed E-state index contributed by atoms with van der Waals surface area (Å²) in [6, 6.07) is 4.63. The number of methoxy groups -OCH3 is 1. The SMILES string of the molecule is CCOC(=O)c1cc2cc(OC)cc(OS(C)(=O)=O)c2[nH]1. The van der Waals surface area contributed by atoms with Crippen molar-refractivity contribution in [3.63, 3.8) is 0 Å². The predicted molar refractivity (Wildman–Crippen MR) is 76.3 cm³/mol. The van der Waals surface area contributed by atoms with Gasteiger partial charge in [-0.2, -0.15) is 8.42 Å². The van der Waals surface area contributed by atoms with Gasteiger partial charge in [-0.3, -0.25) is 0 Å². The van der Waals surface area contributed by atoms with Gasteiger partial charge in [-0.25, -0.2) is 4.79 Å². The maximum absolute atomic E-state index is 11.7. The molecule has 0 saturated carbocycles. The van der Waals surface area contributed by atoms with Gasteiger partial charge < -0.3 is 18.6 Å². The molecule has 2 rings (SSSR count). The average Bonchev–Trinajstić information content (AvgIpc) is 2.81. The molecule has 0 unspecified atom stereocenters. The second-order valence-electron chi connectivity index (χ2n) is 4.28. The second kappa shape index (κ2) is 5.65. The fourth-order valence-corrected chi connectivity index (χ4v) is 2.31. The molecule has 0 radical (unpaired) electrons. The third-order valence-electron chi connectivity index (χ3n) is 2.64. The molecule has 0 atom stereocenters. The van der Waals surface area contributed by atoms with E-state index in [1.54, 1.807) is 19.1 Å². The number of carbonyl (C=O) groups excluding carboxylic acids is 1. The summed E-state index contributed by atoms with van der Waals surface area (Å²) in [6.45, 7) is 1.94. The molecule has 0 aliphatic rings. The van der Waals surface area contributed by atoms with Gasteiger partial charge in [0.25, 0.3) is 0 Å². The van der Waals surface area contributed by atoms with Crippen molar-refractivity contribution in [2.24, 2.45) is 0 Å². The molecule has 7 nitrogen and oxygen atoms in total. The Hall–Kier alpha value is -2.22. The highest BCUT2D eigenvalue weighted by molar-refractivity contribution is 7.86. The molecule has 1 aromatic carbocycles. The van der Waals surface area contributed by atoms with Crippen LogP contribution in [0.4, 0.5) is 0 Å². The van der Waals surface area contributed by atoms with Crippen LogP contribution in [0.25, 0.3) is 10.9 Å². The van der Waals surface area contributed by atoms with E-state index < -0.39 is 16.1 Å². The molecule has 1 heterocycles. The lowest BCUT2D eigenvalue weighted by atomic mass is 10.2. The number of ether oxygens (including phenoxy) is 2. The smallest absolute Gasteiger partial charge is 0.354 e. The van der Waals surface area contributed by atoms with Crippen molar-refractivity contribution in [3.05, 3.63) is 23.9 Å². The number of H-pyrrole nitrogens is 1. The van der Waals surface area contributed by atoms with Gasteiger partial charge in [0.15, 0.2) is 5.75 Å². The number of carbonyl (C=O) groups is 1. The zero-order valence-corrected chi connectivity index (χ0v) is 12.6. The van der Waals surface area contributed by atoms with Crippen LogP contribution in [0.1, 0.15) is 17.4 Å². The van der Waals surface area contributed by atoms with E-state index in [4.69, 9.17) is 13.7 Å². The molecule has 1 aromatic heterocycles. The third kappa shape index (κ3) is 3.46. The van der Waals surface area contributed by atoms with E-state index in [1.165, 1.54) is 13.2 Å². The van der Waals surface area contributed by atoms with Crippen LogP contribution in [0, 0.1) is 0 Å². The monoisotopic (exact) mass is 313 g/mol. The summed E-state index contributed by atoms with van der Waals surface area (Å²) in [6.07, 6.45) is 0.938. The third-order valence-corrected chi connectivity index (χ3v) is 3.12. The van der Waals surface area contributed by atoms with Crippen LogP contribution in [0.5, 0.6) is 11.5 Å². The molecule has 2 aromatic rings. The van der Waals surface area contributed by atoms with E-state index in [-0.39, 0.29) is 18.1 Å². The molecule has 1 N–H and O–H groups in total. The minimum Gasteiger partial charge on any atom is -0.497 e. The molecule has 0 spiro atoms. The molecule has 0 aliphatic carbocycles. The summed E-state index contributed by atoms with van der Waals surface area (Å²) in [4.78, 5) is 14.5. The van der Waals surface area contributed by atoms with Gasteiger partial charge in [-0.1, -0.05) is 0 Å². The number of hydrogen-bond acceptors (Lipinski definition) is 6. The Kier molecular flexibility index (Phi) is 4.08. The maximum atomic E-state index is 11.7. The van der Waals surface area contributed by atoms with Crippen LogP contribution in [-0.4, -0.2) is 39.3 Å². The minimum atomic E-state index is -3.71. The normalized spacial score (nSPS) is 11.4. The van der Waals surface area contributed by atoms with E-state index in [9.17, 15) is 13.2 Å². The summed E-state index contributed by atoms with van der Waals surface area (Å²) in [5.74, 6) is -0.0593. The summed E-state index contributed by atoms with van der Waals surface area (Å²) in [7, 11) is -2.26. The first-order chi connectivity index (χ1) is 9.84. The molecule has 0 aliphatic heterocycles. The van der Waals surface area contributed by atoms with Gasteiger partial charge >= 0.3 is 16.1 Å². The summed E-state index contributed by atoms with van der Waals surface area (Å²) in [5, 5.41) is 0.580. The van der Waals surface area contributed by atoms with Crippen LogP contribution >= 0.6 is 0 Å². The first-order valence-corrected chi connectivity index (χ1v) is 7.93. The maximum Gasteiger partial charge on any atom is 0.354 e. The molecule has 21 heavy (non-hydrogen) atoms. The molecule has 0 amide bonds. The number of benzene rings is 1. The quantitative estimate of drug-likeness (QED) is 0.667. The van der Waals surface area contributed by atoms with Crippen molar-refractivity contribution >= 4 is 27.0 Å². The van der Waals surface area contributed by atoms with E-state index in [1.807, 2.05) is 0 Å². The van der Waals surface area contributed by atoms with Gasteiger partial charge in [-0.05, 0) is 19.1 Å². The van der Waals surface area contributed by atoms with Gasteiger partial charge in [0, 0.05) is 11.5 Å². The molecule has 8 heteroatoms. The number of fused-ring (bicyclic) bond motifs is 1. The highest BCUT2D eigenvalue weighted by Gasteiger charge is 2.17. The number of hydrogen-bond donors (Lipinski definition) is 1. The lowest BCUT2D eigenvalue weighted by molar-refractivity contribution is 0.0520. The van der Waals surface area contributed by atoms with Crippen molar-refractivity contribution in [3.8, 4) is 11.5 Å². The second-order valence-corrected chi connectivity index (χ2v) is 5.86. The largest absolute Gasteiger partial charge is 0.497 e. The van der Waals surface area contributed by atoms with Gasteiger partial charge in [-0.15, -0.1) is 0 Å². The summed E-state index contributed by atoms with van der Waals surface area (Å²) in [5.41, 5.74) is 0.586. The van der Waals surface area contributed by atoms with Crippen molar-refractivity contribution in [1.82, 2.24) is 4.98 Å². The zero-order chi connectivity index (χ0) is 15.6.